The van der Waals surface area contributed by atoms with E-state index in [1.54, 1.807) is 42.6 Å². The Kier molecular flexibility index (Phi) is 6.59. The highest BCUT2D eigenvalue weighted by atomic mass is 35.5. The number of hydrogen-bond acceptors (Lipinski definition) is 5. The Balaban J connectivity index is 1.83. The van der Waals surface area contributed by atoms with Crippen molar-refractivity contribution >= 4 is 39.0 Å². The fourth-order valence-electron chi connectivity index (χ4n) is 2.64. The van der Waals surface area contributed by atoms with Crippen LogP contribution in [-0.2, 0) is 10.0 Å². The highest BCUT2D eigenvalue weighted by Gasteiger charge is 2.21. The van der Waals surface area contributed by atoms with Gasteiger partial charge in [-0.15, -0.1) is 0 Å². The maximum Gasteiger partial charge on any atom is 0.263 e. The molecular formula is C21H20ClN3O4S. The average molecular weight is 446 g/mol. The standard InChI is InChI=1S/C21H20ClN3O4S/c1-3-29-17-7-5-16(6-8-17)25-30(27,28)19-13-15(4-9-18(19)22)21(26)24-20-12-14(2)10-11-23-20/h4-13,25H,3H2,1-2H3,(H,23,24,26). The molecule has 1 heterocycles. The molecule has 3 aromatic rings. The second-order valence-electron chi connectivity index (χ2n) is 6.38. The van der Waals surface area contributed by atoms with Crippen molar-refractivity contribution in [3.8, 4) is 5.75 Å². The minimum Gasteiger partial charge on any atom is -0.494 e. The summed E-state index contributed by atoms with van der Waals surface area (Å²) in [6, 6.07) is 14.0. The largest absolute Gasteiger partial charge is 0.494 e. The van der Waals surface area contributed by atoms with Crippen LogP contribution in [0.5, 0.6) is 5.75 Å². The van der Waals surface area contributed by atoms with Crippen molar-refractivity contribution in [3.05, 3.63) is 76.9 Å². The van der Waals surface area contributed by atoms with Gasteiger partial charge in [0.15, 0.2) is 0 Å². The van der Waals surface area contributed by atoms with E-state index >= 15 is 0 Å². The highest BCUT2D eigenvalue weighted by molar-refractivity contribution is 7.92. The van der Waals surface area contributed by atoms with Crippen LogP contribution in [0.25, 0.3) is 0 Å². The normalized spacial score (nSPS) is 11.0. The van der Waals surface area contributed by atoms with Gasteiger partial charge >= 0.3 is 0 Å². The topological polar surface area (TPSA) is 97.4 Å². The first-order chi connectivity index (χ1) is 14.3. The first-order valence-electron chi connectivity index (χ1n) is 9.08. The van der Waals surface area contributed by atoms with Crippen LogP contribution in [0.4, 0.5) is 11.5 Å². The predicted molar refractivity (Wildman–Crippen MR) is 117 cm³/mol. The van der Waals surface area contributed by atoms with E-state index in [2.05, 4.69) is 15.0 Å². The van der Waals surface area contributed by atoms with Crippen molar-refractivity contribution in [2.24, 2.45) is 0 Å². The van der Waals surface area contributed by atoms with Gasteiger partial charge in [-0.2, -0.15) is 0 Å². The smallest absolute Gasteiger partial charge is 0.263 e. The van der Waals surface area contributed by atoms with Gasteiger partial charge in [0, 0.05) is 17.4 Å². The fraction of sp³-hybridized carbons (Fsp3) is 0.143. The van der Waals surface area contributed by atoms with Gasteiger partial charge in [-0.25, -0.2) is 13.4 Å². The third-order valence-electron chi connectivity index (χ3n) is 4.06. The Morgan fingerprint density at radius 1 is 1.10 bits per heavy atom. The number of pyridine rings is 1. The van der Waals surface area contributed by atoms with Crippen molar-refractivity contribution in [2.75, 3.05) is 16.6 Å². The number of carbonyl (C=O) groups excluding carboxylic acids is 1. The molecule has 0 saturated heterocycles. The van der Waals surface area contributed by atoms with Crippen LogP contribution in [0.15, 0.2) is 65.7 Å². The quantitative estimate of drug-likeness (QED) is 0.558. The number of rotatable bonds is 7. The minimum atomic E-state index is -4.02. The third-order valence-corrected chi connectivity index (χ3v) is 5.92. The second kappa shape index (κ2) is 9.15. The van der Waals surface area contributed by atoms with Gasteiger partial charge in [0.25, 0.3) is 15.9 Å². The lowest BCUT2D eigenvalue weighted by Crippen LogP contribution is -2.17. The average Bonchev–Trinajstić information content (AvgIpc) is 2.69. The Labute approximate surface area is 180 Å². The summed E-state index contributed by atoms with van der Waals surface area (Å²) >= 11 is 6.12. The number of aryl methyl sites for hydroxylation is 1. The van der Waals surface area contributed by atoms with Crippen molar-refractivity contribution in [1.29, 1.82) is 0 Å². The van der Waals surface area contributed by atoms with Crippen molar-refractivity contribution < 1.29 is 17.9 Å². The molecule has 1 aromatic heterocycles. The summed E-state index contributed by atoms with van der Waals surface area (Å²) in [5.41, 5.74) is 1.40. The van der Waals surface area contributed by atoms with Gasteiger partial charge in [-0.05, 0) is 74.0 Å². The molecule has 0 bridgehead atoms. The number of amides is 1. The molecule has 3 rings (SSSR count). The minimum absolute atomic E-state index is 0.00123. The molecule has 2 aromatic carbocycles. The van der Waals surface area contributed by atoms with Gasteiger partial charge in [-0.1, -0.05) is 11.6 Å². The van der Waals surface area contributed by atoms with Gasteiger partial charge in [0.2, 0.25) is 0 Å². The number of hydrogen-bond donors (Lipinski definition) is 2. The molecular weight excluding hydrogens is 426 g/mol. The Morgan fingerprint density at radius 3 is 2.50 bits per heavy atom. The van der Waals surface area contributed by atoms with Crippen molar-refractivity contribution in [3.63, 3.8) is 0 Å². The lowest BCUT2D eigenvalue weighted by Gasteiger charge is -2.12. The van der Waals surface area contributed by atoms with Crippen LogP contribution in [0.2, 0.25) is 5.02 Å². The predicted octanol–water partition coefficient (Wildman–Crippen LogP) is 4.50. The third kappa shape index (κ3) is 5.28. The van der Waals surface area contributed by atoms with Crippen LogP contribution < -0.4 is 14.8 Å². The molecule has 0 atom stereocenters. The molecule has 30 heavy (non-hydrogen) atoms. The summed E-state index contributed by atoms with van der Waals surface area (Å²) in [5.74, 6) is 0.496. The molecule has 0 saturated carbocycles. The van der Waals surface area contributed by atoms with E-state index in [-0.39, 0.29) is 15.5 Å². The first-order valence-corrected chi connectivity index (χ1v) is 10.9. The number of nitrogens with zero attached hydrogens (tertiary/aromatic N) is 1. The summed E-state index contributed by atoms with van der Waals surface area (Å²) < 4.78 is 33.5. The van der Waals surface area contributed by atoms with E-state index in [0.29, 0.717) is 23.9 Å². The van der Waals surface area contributed by atoms with E-state index in [1.165, 1.54) is 18.2 Å². The van der Waals surface area contributed by atoms with E-state index < -0.39 is 15.9 Å². The number of carbonyl (C=O) groups is 1. The van der Waals surface area contributed by atoms with Crippen LogP contribution in [0, 0.1) is 6.92 Å². The number of benzene rings is 2. The van der Waals surface area contributed by atoms with E-state index in [4.69, 9.17) is 16.3 Å². The second-order valence-corrected chi connectivity index (χ2v) is 8.44. The first kappa shape index (κ1) is 21.6. The monoisotopic (exact) mass is 445 g/mol. The molecule has 0 aliphatic rings. The van der Waals surface area contributed by atoms with Crippen LogP contribution >= 0.6 is 11.6 Å². The zero-order chi connectivity index (χ0) is 21.7. The molecule has 7 nitrogen and oxygen atoms in total. The number of aromatic nitrogens is 1. The molecule has 0 aliphatic heterocycles. The van der Waals surface area contributed by atoms with Gasteiger partial charge < -0.3 is 10.1 Å². The maximum atomic E-state index is 12.8. The summed E-state index contributed by atoms with van der Waals surface area (Å²) in [7, 11) is -4.02. The highest BCUT2D eigenvalue weighted by Crippen LogP contribution is 2.26. The summed E-state index contributed by atoms with van der Waals surface area (Å²) in [4.78, 5) is 16.4. The number of halogens is 1. The molecule has 0 radical (unpaired) electrons. The number of nitrogens with one attached hydrogen (secondary N) is 2. The molecule has 0 spiro atoms. The van der Waals surface area contributed by atoms with Crippen LogP contribution in [0.3, 0.4) is 0 Å². The van der Waals surface area contributed by atoms with Crippen molar-refractivity contribution in [2.45, 2.75) is 18.7 Å². The molecule has 0 unspecified atom stereocenters. The van der Waals surface area contributed by atoms with Gasteiger partial charge in [-0.3, -0.25) is 9.52 Å². The number of ether oxygens (including phenoxy) is 1. The molecule has 1 amide bonds. The zero-order valence-electron chi connectivity index (χ0n) is 16.3. The molecule has 156 valence electrons. The number of anilines is 2. The maximum absolute atomic E-state index is 12.8. The summed E-state index contributed by atoms with van der Waals surface area (Å²) in [6.45, 7) is 4.24. The van der Waals surface area contributed by atoms with Gasteiger partial charge in [0.05, 0.1) is 11.6 Å². The van der Waals surface area contributed by atoms with E-state index in [1.807, 2.05) is 13.8 Å². The Morgan fingerprint density at radius 2 is 1.83 bits per heavy atom. The molecule has 9 heteroatoms. The zero-order valence-corrected chi connectivity index (χ0v) is 17.9. The fourth-order valence-corrected chi connectivity index (χ4v) is 4.23. The van der Waals surface area contributed by atoms with Crippen molar-refractivity contribution in [1.82, 2.24) is 4.98 Å². The summed E-state index contributed by atoms with van der Waals surface area (Å²) in [6.07, 6.45) is 1.57. The SMILES string of the molecule is CCOc1ccc(NS(=O)(=O)c2cc(C(=O)Nc3cc(C)ccn3)ccc2Cl)cc1. The Hall–Kier alpha value is -3.10. The molecule has 2 N–H and O–H groups in total. The summed E-state index contributed by atoms with van der Waals surface area (Å²) in [5, 5.41) is 2.64. The lowest BCUT2D eigenvalue weighted by molar-refractivity contribution is 0.102. The van der Waals surface area contributed by atoms with Crippen LogP contribution in [0.1, 0.15) is 22.8 Å². The molecule has 0 fully saturated rings. The molecule has 0 aliphatic carbocycles. The van der Waals surface area contributed by atoms with E-state index in [0.717, 1.165) is 5.56 Å². The lowest BCUT2D eigenvalue weighted by atomic mass is 10.2. The van der Waals surface area contributed by atoms with E-state index in [9.17, 15) is 13.2 Å². The van der Waals surface area contributed by atoms with Crippen LogP contribution in [-0.4, -0.2) is 25.9 Å². The van der Waals surface area contributed by atoms with Gasteiger partial charge in [0.1, 0.15) is 16.5 Å². The Bertz CT molecular complexity index is 1170. The number of sulfonamides is 1.